The van der Waals surface area contributed by atoms with Crippen LogP contribution in [0, 0.1) is 0 Å². The van der Waals surface area contributed by atoms with Crippen LogP contribution in [0.25, 0.3) is 10.2 Å². The third-order valence-electron chi connectivity index (χ3n) is 5.35. The Balaban J connectivity index is 1.40. The fourth-order valence-corrected chi connectivity index (χ4v) is 5.66. The number of ether oxygens (including phenoxy) is 1. The van der Waals surface area contributed by atoms with Crippen LogP contribution in [0.5, 0.6) is 5.75 Å². The molecule has 4 rings (SSSR count). The first-order valence-corrected chi connectivity index (χ1v) is 11.9. The van der Waals surface area contributed by atoms with Crippen LogP contribution in [-0.2, 0) is 11.2 Å². The Labute approximate surface area is 185 Å². The fraction of sp³-hybridized carbons (Fsp3) is 0.409. The molecule has 6 nitrogen and oxygen atoms in total. The van der Waals surface area contributed by atoms with Crippen LogP contribution in [0.2, 0.25) is 0 Å². The molecule has 3 heterocycles. The number of thioether (sulfide) groups is 1. The van der Waals surface area contributed by atoms with Crippen LogP contribution in [0.15, 0.2) is 41.7 Å². The molecule has 3 aromatic rings. The highest BCUT2D eigenvalue weighted by molar-refractivity contribution is 8.00. The molecule has 0 bridgehead atoms. The van der Waals surface area contributed by atoms with Crippen LogP contribution in [0.1, 0.15) is 18.7 Å². The number of amides is 1. The van der Waals surface area contributed by atoms with E-state index in [-0.39, 0.29) is 11.2 Å². The van der Waals surface area contributed by atoms with Gasteiger partial charge in [0, 0.05) is 36.4 Å². The molecule has 1 aromatic carbocycles. The predicted molar refractivity (Wildman–Crippen MR) is 124 cm³/mol. The zero-order chi connectivity index (χ0) is 21.1. The third kappa shape index (κ3) is 4.25. The monoisotopic (exact) mass is 442 g/mol. The van der Waals surface area contributed by atoms with E-state index in [0.29, 0.717) is 13.1 Å². The number of nitrogens with zero attached hydrogens (tertiary/aromatic N) is 4. The molecule has 1 amide bonds. The minimum absolute atomic E-state index is 0.164. The Hall–Kier alpha value is -2.32. The van der Waals surface area contributed by atoms with E-state index in [1.807, 2.05) is 30.0 Å². The number of piperazine rings is 1. The van der Waals surface area contributed by atoms with Crippen LogP contribution in [-0.4, -0.2) is 59.3 Å². The smallest absolute Gasteiger partial charge is 0.235 e. The van der Waals surface area contributed by atoms with Crippen LogP contribution < -0.4 is 9.64 Å². The van der Waals surface area contributed by atoms with Crippen LogP contribution in [0.4, 0.5) is 5.69 Å². The summed E-state index contributed by atoms with van der Waals surface area (Å²) in [7, 11) is 1.69. The van der Waals surface area contributed by atoms with Gasteiger partial charge in [0.05, 0.1) is 18.0 Å². The molecule has 1 aliphatic heterocycles. The molecule has 0 spiro atoms. The lowest BCUT2D eigenvalue weighted by atomic mass is 10.2. The van der Waals surface area contributed by atoms with Gasteiger partial charge in [-0.3, -0.25) is 4.79 Å². The molecular weight excluding hydrogens is 416 g/mol. The number of para-hydroxylation sites is 2. The highest BCUT2D eigenvalue weighted by Crippen LogP contribution is 2.34. The summed E-state index contributed by atoms with van der Waals surface area (Å²) in [6, 6.07) is 10.2. The van der Waals surface area contributed by atoms with E-state index >= 15 is 0 Å². The van der Waals surface area contributed by atoms with E-state index in [1.54, 1.807) is 24.8 Å². The number of anilines is 1. The first kappa shape index (κ1) is 20.9. The second-order valence-corrected chi connectivity index (χ2v) is 9.65. The van der Waals surface area contributed by atoms with Gasteiger partial charge in [-0.1, -0.05) is 30.8 Å². The van der Waals surface area contributed by atoms with Gasteiger partial charge in [-0.05, 0) is 31.5 Å². The first-order valence-electron chi connectivity index (χ1n) is 10.2. The number of carbonyl (C=O) groups is 1. The standard InChI is InChI=1S/C22H26N4O2S2/c1-4-16-13-17-20(23-14-24-21(17)30-16)29-15(2)22(27)26-11-9-25(10-12-26)18-7-5-6-8-19(18)28-3/h5-8,13-15H,4,9-12H2,1-3H3. The maximum Gasteiger partial charge on any atom is 0.235 e. The van der Waals surface area contributed by atoms with E-state index in [1.165, 1.54) is 16.6 Å². The number of rotatable bonds is 6. The number of fused-ring (bicyclic) bond motifs is 1. The number of hydrogen-bond acceptors (Lipinski definition) is 7. The van der Waals surface area contributed by atoms with Gasteiger partial charge in [0.2, 0.25) is 5.91 Å². The number of aryl methyl sites for hydroxylation is 1. The van der Waals surface area contributed by atoms with Gasteiger partial charge in [-0.15, -0.1) is 11.3 Å². The van der Waals surface area contributed by atoms with Crippen LogP contribution in [0.3, 0.4) is 0 Å². The van der Waals surface area contributed by atoms with E-state index in [0.717, 1.165) is 46.2 Å². The average molecular weight is 443 g/mol. The Morgan fingerprint density at radius 3 is 2.73 bits per heavy atom. The Morgan fingerprint density at radius 1 is 1.23 bits per heavy atom. The van der Waals surface area contributed by atoms with E-state index in [4.69, 9.17) is 4.74 Å². The number of hydrogen-bond donors (Lipinski definition) is 0. The van der Waals surface area contributed by atoms with Crippen molar-refractivity contribution in [1.29, 1.82) is 0 Å². The summed E-state index contributed by atoms with van der Waals surface area (Å²) in [4.78, 5) is 28.5. The Morgan fingerprint density at radius 2 is 2.00 bits per heavy atom. The van der Waals surface area contributed by atoms with Gasteiger partial charge in [-0.2, -0.15) is 0 Å². The van der Waals surface area contributed by atoms with Gasteiger partial charge in [0.25, 0.3) is 0 Å². The quantitative estimate of drug-likeness (QED) is 0.423. The van der Waals surface area contributed by atoms with Crippen LogP contribution >= 0.6 is 23.1 Å². The summed E-state index contributed by atoms with van der Waals surface area (Å²) in [5.41, 5.74) is 1.09. The molecule has 1 fully saturated rings. The maximum atomic E-state index is 13.1. The number of thiophene rings is 1. The SMILES string of the molecule is CCc1cc2c(SC(C)C(=O)N3CCN(c4ccccc4OC)CC3)ncnc2s1. The molecule has 0 saturated carbocycles. The van der Waals surface area contributed by atoms with Crippen molar-refractivity contribution < 1.29 is 9.53 Å². The maximum absolute atomic E-state index is 13.1. The van der Waals surface area contributed by atoms with Crippen molar-refractivity contribution in [3.8, 4) is 5.75 Å². The van der Waals surface area contributed by atoms with Gasteiger partial charge in [0.1, 0.15) is 21.9 Å². The molecule has 2 aromatic heterocycles. The molecule has 0 aliphatic carbocycles. The molecule has 0 N–H and O–H groups in total. The van der Waals surface area contributed by atoms with Crippen molar-refractivity contribution >= 4 is 44.9 Å². The first-order chi connectivity index (χ1) is 14.6. The lowest BCUT2D eigenvalue weighted by molar-refractivity contribution is -0.130. The van der Waals surface area contributed by atoms with Crippen molar-refractivity contribution in [2.24, 2.45) is 0 Å². The molecule has 1 unspecified atom stereocenters. The molecule has 0 radical (unpaired) electrons. The highest BCUT2D eigenvalue weighted by atomic mass is 32.2. The highest BCUT2D eigenvalue weighted by Gasteiger charge is 2.27. The summed E-state index contributed by atoms with van der Waals surface area (Å²) >= 11 is 3.23. The summed E-state index contributed by atoms with van der Waals surface area (Å²) in [6.45, 7) is 7.12. The number of benzene rings is 1. The van der Waals surface area contributed by atoms with E-state index in [2.05, 4.69) is 33.9 Å². The van der Waals surface area contributed by atoms with E-state index in [9.17, 15) is 4.79 Å². The van der Waals surface area contributed by atoms with Gasteiger partial charge in [0.15, 0.2) is 0 Å². The molecule has 1 atom stereocenters. The topological polar surface area (TPSA) is 58.6 Å². The Bertz CT molecular complexity index is 1030. The minimum atomic E-state index is -0.189. The van der Waals surface area contributed by atoms with Crippen molar-refractivity contribution in [2.45, 2.75) is 30.5 Å². The summed E-state index contributed by atoms with van der Waals surface area (Å²) < 4.78 is 5.49. The largest absolute Gasteiger partial charge is 0.495 e. The summed E-state index contributed by atoms with van der Waals surface area (Å²) in [6.07, 6.45) is 2.58. The molecule has 158 valence electrons. The van der Waals surface area contributed by atoms with Crippen molar-refractivity contribution in [3.63, 3.8) is 0 Å². The zero-order valence-corrected chi connectivity index (χ0v) is 19.1. The summed E-state index contributed by atoms with van der Waals surface area (Å²) in [5.74, 6) is 1.04. The molecular formula is C22H26N4O2S2. The predicted octanol–water partition coefficient (Wildman–Crippen LogP) is 4.09. The molecule has 1 aliphatic rings. The van der Waals surface area contributed by atoms with Crippen molar-refractivity contribution in [3.05, 3.63) is 41.5 Å². The molecule has 1 saturated heterocycles. The van der Waals surface area contributed by atoms with Crippen molar-refractivity contribution in [1.82, 2.24) is 14.9 Å². The lowest BCUT2D eigenvalue weighted by Crippen LogP contribution is -2.50. The van der Waals surface area contributed by atoms with Gasteiger partial charge in [-0.25, -0.2) is 9.97 Å². The summed E-state index contributed by atoms with van der Waals surface area (Å²) in [5, 5.41) is 1.76. The second kappa shape index (κ2) is 9.22. The second-order valence-electron chi connectivity index (χ2n) is 7.21. The number of carbonyl (C=O) groups excluding carboxylic acids is 1. The normalized spacial score (nSPS) is 15.4. The minimum Gasteiger partial charge on any atom is -0.495 e. The Kier molecular flexibility index (Phi) is 6.43. The van der Waals surface area contributed by atoms with Gasteiger partial charge >= 0.3 is 0 Å². The third-order valence-corrected chi connectivity index (χ3v) is 7.64. The molecule has 30 heavy (non-hydrogen) atoms. The molecule has 8 heteroatoms. The average Bonchev–Trinajstić information content (AvgIpc) is 3.23. The van der Waals surface area contributed by atoms with E-state index < -0.39 is 0 Å². The number of aromatic nitrogens is 2. The fourth-order valence-electron chi connectivity index (χ4n) is 3.69. The zero-order valence-electron chi connectivity index (χ0n) is 17.5. The lowest BCUT2D eigenvalue weighted by Gasteiger charge is -2.37. The van der Waals surface area contributed by atoms with Crippen molar-refractivity contribution in [2.75, 3.05) is 38.2 Å². The van der Waals surface area contributed by atoms with Gasteiger partial charge < -0.3 is 14.5 Å². The number of methoxy groups -OCH3 is 1.